The van der Waals surface area contributed by atoms with Gasteiger partial charge in [-0.3, -0.25) is 0 Å². The summed E-state index contributed by atoms with van der Waals surface area (Å²) in [6.07, 6.45) is 3.42. The molecule has 0 aliphatic heterocycles. The lowest BCUT2D eigenvalue weighted by molar-refractivity contribution is 0.626. The first kappa shape index (κ1) is 13.3. The van der Waals surface area contributed by atoms with E-state index in [0.29, 0.717) is 10.0 Å². The number of nitrogens with zero attached hydrogens (tertiary/aromatic N) is 2. The maximum Gasteiger partial charge on any atom is 0.0595 e. The quantitative estimate of drug-likeness (QED) is 0.932. The molecule has 0 aliphatic rings. The molecule has 0 saturated carbocycles. The van der Waals surface area contributed by atoms with Crippen LogP contribution >= 0.6 is 23.2 Å². The number of halogens is 2. The molecule has 2 aromatic rings. The van der Waals surface area contributed by atoms with E-state index in [2.05, 4.69) is 22.4 Å². The van der Waals surface area contributed by atoms with Gasteiger partial charge in [-0.15, -0.1) is 0 Å². The Morgan fingerprint density at radius 3 is 2.56 bits per heavy atom. The molecule has 3 nitrogen and oxygen atoms in total. The zero-order valence-corrected chi connectivity index (χ0v) is 11.4. The van der Waals surface area contributed by atoms with Gasteiger partial charge < -0.3 is 5.32 Å². The van der Waals surface area contributed by atoms with Gasteiger partial charge in [0, 0.05) is 6.20 Å². The van der Waals surface area contributed by atoms with E-state index >= 15 is 0 Å². The zero-order valence-electron chi connectivity index (χ0n) is 9.90. The summed E-state index contributed by atoms with van der Waals surface area (Å²) in [5.74, 6) is 0. The van der Waals surface area contributed by atoms with Crippen molar-refractivity contribution >= 4 is 23.2 Å². The largest absolute Gasteiger partial charge is 0.306 e. The molecule has 5 heteroatoms. The monoisotopic (exact) mass is 281 g/mol. The van der Waals surface area contributed by atoms with Crippen LogP contribution in [0.4, 0.5) is 0 Å². The van der Waals surface area contributed by atoms with Crippen molar-refractivity contribution in [3.63, 3.8) is 0 Å². The Labute approximate surface area is 116 Å². The van der Waals surface area contributed by atoms with Crippen molar-refractivity contribution in [1.29, 1.82) is 0 Å². The second-order valence-corrected chi connectivity index (χ2v) is 4.65. The average molecular weight is 282 g/mol. The fourth-order valence-corrected chi connectivity index (χ4v) is 2.10. The molecule has 0 amide bonds. The summed E-state index contributed by atoms with van der Waals surface area (Å²) in [5, 5.41) is 12.2. The van der Waals surface area contributed by atoms with Crippen LogP contribution in [0, 0.1) is 0 Å². The molecule has 1 unspecified atom stereocenters. The van der Waals surface area contributed by atoms with Crippen LogP contribution in [0.5, 0.6) is 0 Å². The topological polar surface area (TPSA) is 37.8 Å². The Kier molecular flexibility index (Phi) is 4.53. The van der Waals surface area contributed by atoms with E-state index < -0.39 is 0 Å². The summed E-state index contributed by atoms with van der Waals surface area (Å²) < 4.78 is 0. The second-order valence-electron chi connectivity index (χ2n) is 3.84. The fraction of sp³-hybridized carbons (Fsp3) is 0.231. The molecule has 0 spiro atoms. The van der Waals surface area contributed by atoms with Crippen LogP contribution in [0.3, 0.4) is 0 Å². The summed E-state index contributed by atoms with van der Waals surface area (Å²) in [5.41, 5.74) is 2.10. The normalized spacial score (nSPS) is 12.4. The van der Waals surface area contributed by atoms with Gasteiger partial charge in [-0.1, -0.05) is 36.2 Å². The van der Waals surface area contributed by atoms with Crippen LogP contribution in [0.15, 0.2) is 36.7 Å². The third-order valence-electron chi connectivity index (χ3n) is 2.63. The molecule has 18 heavy (non-hydrogen) atoms. The minimum absolute atomic E-state index is 0.0419. The summed E-state index contributed by atoms with van der Waals surface area (Å²) in [6.45, 7) is 2.90. The Morgan fingerprint density at radius 2 is 1.94 bits per heavy atom. The highest BCUT2D eigenvalue weighted by Crippen LogP contribution is 2.28. The minimum atomic E-state index is 0.0419. The molecule has 0 radical (unpaired) electrons. The van der Waals surface area contributed by atoms with Gasteiger partial charge in [-0.05, 0) is 35.9 Å². The molecule has 94 valence electrons. The van der Waals surface area contributed by atoms with E-state index in [9.17, 15) is 0 Å². The van der Waals surface area contributed by atoms with E-state index in [1.807, 2.05) is 18.2 Å². The van der Waals surface area contributed by atoms with E-state index in [1.54, 1.807) is 18.5 Å². The molecule has 1 N–H and O–H groups in total. The Bertz CT molecular complexity index is 517. The van der Waals surface area contributed by atoms with Gasteiger partial charge in [-0.25, -0.2) is 0 Å². The number of hydrogen-bond donors (Lipinski definition) is 1. The van der Waals surface area contributed by atoms with Gasteiger partial charge >= 0.3 is 0 Å². The lowest BCUT2D eigenvalue weighted by Crippen LogP contribution is -2.22. The van der Waals surface area contributed by atoms with Crippen molar-refractivity contribution < 1.29 is 0 Å². The highest BCUT2D eigenvalue weighted by molar-refractivity contribution is 6.42. The average Bonchev–Trinajstić information content (AvgIpc) is 2.40. The van der Waals surface area contributed by atoms with Crippen molar-refractivity contribution in [3.05, 3.63) is 57.8 Å². The van der Waals surface area contributed by atoms with Gasteiger partial charge in [0.2, 0.25) is 0 Å². The number of hydrogen-bond acceptors (Lipinski definition) is 3. The molecule has 1 aromatic heterocycles. The minimum Gasteiger partial charge on any atom is -0.306 e. The van der Waals surface area contributed by atoms with E-state index in [-0.39, 0.29) is 6.04 Å². The zero-order chi connectivity index (χ0) is 13.0. The third-order valence-corrected chi connectivity index (χ3v) is 3.36. The highest BCUT2D eigenvalue weighted by atomic mass is 35.5. The summed E-state index contributed by atoms with van der Waals surface area (Å²) in [7, 11) is 0. The first-order valence-corrected chi connectivity index (χ1v) is 6.43. The fourth-order valence-electron chi connectivity index (χ4n) is 1.80. The van der Waals surface area contributed by atoms with Crippen molar-refractivity contribution in [2.75, 3.05) is 6.54 Å². The third kappa shape index (κ3) is 2.99. The smallest absolute Gasteiger partial charge is 0.0595 e. The predicted octanol–water partition coefficient (Wildman–Crippen LogP) is 3.48. The van der Waals surface area contributed by atoms with Gasteiger partial charge in [0.05, 0.1) is 22.3 Å². The SMILES string of the molecule is CCNC(c1ccnnc1)c1ccc(Cl)c(Cl)c1. The van der Waals surface area contributed by atoms with E-state index in [1.165, 1.54) is 0 Å². The van der Waals surface area contributed by atoms with Crippen LogP contribution in [0.2, 0.25) is 10.0 Å². The maximum atomic E-state index is 6.06. The summed E-state index contributed by atoms with van der Waals surface area (Å²) in [6, 6.07) is 7.61. The molecule has 0 saturated heterocycles. The molecule has 0 fully saturated rings. The second kappa shape index (κ2) is 6.14. The maximum absolute atomic E-state index is 6.06. The van der Waals surface area contributed by atoms with Crippen LogP contribution in [-0.4, -0.2) is 16.7 Å². The summed E-state index contributed by atoms with van der Waals surface area (Å²) >= 11 is 12.0. The van der Waals surface area contributed by atoms with Crippen molar-refractivity contribution in [1.82, 2.24) is 15.5 Å². The first-order valence-electron chi connectivity index (χ1n) is 5.67. The molecule has 0 bridgehead atoms. The van der Waals surface area contributed by atoms with Crippen LogP contribution in [0.1, 0.15) is 24.1 Å². The molecule has 1 heterocycles. The van der Waals surface area contributed by atoms with Crippen molar-refractivity contribution in [2.45, 2.75) is 13.0 Å². The van der Waals surface area contributed by atoms with Gasteiger partial charge in [0.25, 0.3) is 0 Å². The Hall–Kier alpha value is -1.16. The Balaban J connectivity index is 2.38. The molecule has 1 aromatic carbocycles. The number of benzene rings is 1. The van der Waals surface area contributed by atoms with Crippen LogP contribution in [0.25, 0.3) is 0 Å². The van der Waals surface area contributed by atoms with Crippen molar-refractivity contribution in [2.24, 2.45) is 0 Å². The van der Waals surface area contributed by atoms with Crippen molar-refractivity contribution in [3.8, 4) is 0 Å². The molecule has 0 aliphatic carbocycles. The number of aromatic nitrogens is 2. The number of nitrogens with one attached hydrogen (secondary N) is 1. The molecule has 1 atom stereocenters. The van der Waals surface area contributed by atoms with E-state index in [4.69, 9.17) is 23.2 Å². The standard InChI is InChI=1S/C13H13Cl2N3/c1-2-16-13(10-5-6-17-18-8-10)9-3-4-11(14)12(15)7-9/h3-8,13,16H,2H2,1H3. The molecule has 2 rings (SSSR count). The lowest BCUT2D eigenvalue weighted by Gasteiger charge is -2.18. The van der Waals surface area contributed by atoms with Gasteiger partial charge in [0.15, 0.2) is 0 Å². The predicted molar refractivity (Wildman–Crippen MR) is 74.0 cm³/mol. The van der Waals surface area contributed by atoms with Gasteiger partial charge in [0.1, 0.15) is 0 Å². The molecular formula is C13H13Cl2N3. The molecular weight excluding hydrogens is 269 g/mol. The van der Waals surface area contributed by atoms with Crippen LogP contribution in [-0.2, 0) is 0 Å². The number of rotatable bonds is 4. The van der Waals surface area contributed by atoms with Crippen LogP contribution < -0.4 is 5.32 Å². The lowest BCUT2D eigenvalue weighted by atomic mass is 10.0. The Morgan fingerprint density at radius 1 is 1.11 bits per heavy atom. The summed E-state index contributed by atoms with van der Waals surface area (Å²) in [4.78, 5) is 0. The highest BCUT2D eigenvalue weighted by Gasteiger charge is 2.14. The van der Waals surface area contributed by atoms with E-state index in [0.717, 1.165) is 17.7 Å². The van der Waals surface area contributed by atoms with Gasteiger partial charge in [-0.2, -0.15) is 10.2 Å². The first-order chi connectivity index (χ1) is 8.72.